The van der Waals surface area contributed by atoms with E-state index in [9.17, 15) is 13.6 Å². The van der Waals surface area contributed by atoms with Gasteiger partial charge >= 0.3 is 0 Å². The zero-order valence-corrected chi connectivity index (χ0v) is 17.5. The molecule has 3 rings (SSSR count). The molecule has 1 fully saturated rings. The average Bonchev–Trinajstić information content (AvgIpc) is 2.77. The lowest BCUT2D eigenvalue weighted by Crippen LogP contribution is -2.38. The number of carbonyl (C=O) groups excluding carboxylic acids is 1. The first-order valence-electron chi connectivity index (χ1n) is 10.3. The van der Waals surface area contributed by atoms with Gasteiger partial charge in [0.2, 0.25) is 5.91 Å². The molecule has 164 valence electrons. The van der Waals surface area contributed by atoms with Crippen molar-refractivity contribution >= 4 is 34.9 Å². The number of alkyl halides is 2. The lowest BCUT2D eigenvalue weighted by Gasteiger charge is -2.28. The van der Waals surface area contributed by atoms with Gasteiger partial charge < -0.3 is 10.6 Å². The van der Waals surface area contributed by atoms with Crippen molar-refractivity contribution in [3.63, 3.8) is 0 Å². The summed E-state index contributed by atoms with van der Waals surface area (Å²) in [6, 6.07) is 7.83. The molecule has 8 heteroatoms. The normalized spacial score (nSPS) is 19.8. The Bertz CT molecular complexity index is 981. The molecule has 0 spiro atoms. The predicted octanol–water partition coefficient (Wildman–Crippen LogP) is 4.57. The van der Waals surface area contributed by atoms with Crippen LogP contribution in [-0.2, 0) is 4.79 Å². The molecule has 1 amide bonds. The number of benzene rings is 1. The molecule has 1 saturated carbocycles. The summed E-state index contributed by atoms with van der Waals surface area (Å²) in [7, 11) is 0. The Morgan fingerprint density at radius 3 is 2.71 bits per heavy atom. The molecule has 0 radical (unpaired) electrons. The van der Waals surface area contributed by atoms with Crippen molar-refractivity contribution in [1.29, 1.82) is 0 Å². The van der Waals surface area contributed by atoms with Crippen molar-refractivity contribution in [2.24, 2.45) is 15.9 Å². The largest absolute Gasteiger partial charge is 0.310 e. The number of carbonyl (C=O) groups is 1. The number of fused-ring (bicyclic) bond motifs is 1. The number of nitrogens with one attached hydrogen (secondary N) is 2. The van der Waals surface area contributed by atoms with Crippen molar-refractivity contribution in [2.75, 3.05) is 11.9 Å². The zero-order valence-electron chi connectivity index (χ0n) is 17.5. The van der Waals surface area contributed by atoms with Crippen LogP contribution in [0.15, 0.2) is 52.8 Å². The number of halogens is 2. The van der Waals surface area contributed by atoms with Crippen LogP contribution in [0.4, 0.5) is 14.6 Å². The first-order valence-corrected chi connectivity index (χ1v) is 10.3. The van der Waals surface area contributed by atoms with Gasteiger partial charge in [-0.15, -0.1) is 0 Å². The molecule has 0 atom stereocenters. The van der Waals surface area contributed by atoms with E-state index in [2.05, 4.69) is 32.3 Å². The van der Waals surface area contributed by atoms with E-state index in [4.69, 9.17) is 0 Å². The van der Waals surface area contributed by atoms with Crippen molar-refractivity contribution in [3.8, 4) is 0 Å². The molecule has 1 heterocycles. The molecule has 0 saturated heterocycles. The smallest absolute Gasteiger partial charge is 0.250 e. The fourth-order valence-electron chi connectivity index (χ4n) is 3.74. The van der Waals surface area contributed by atoms with Crippen molar-refractivity contribution < 1.29 is 13.6 Å². The Morgan fingerprint density at radius 2 is 2.00 bits per heavy atom. The zero-order chi connectivity index (χ0) is 22.2. The van der Waals surface area contributed by atoms with Crippen LogP contribution >= 0.6 is 0 Å². The van der Waals surface area contributed by atoms with Crippen LogP contribution in [0.3, 0.4) is 0 Å². The second kappa shape index (κ2) is 10.9. The van der Waals surface area contributed by atoms with Crippen molar-refractivity contribution in [1.82, 2.24) is 10.3 Å². The predicted molar refractivity (Wildman–Crippen MR) is 121 cm³/mol. The maximum Gasteiger partial charge on any atom is 0.250 e. The van der Waals surface area contributed by atoms with Gasteiger partial charge in [0.25, 0.3) is 6.43 Å². The van der Waals surface area contributed by atoms with Crippen LogP contribution in [-0.4, -0.2) is 42.3 Å². The highest BCUT2D eigenvalue weighted by molar-refractivity contribution is 6.02. The minimum atomic E-state index is -2.35. The third-order valence-electron chi connectivity index (χ3n) is 5.49. The van der Waals surface area contributed by atoms with E-state index in [1.807, 2.05) is 31.2 Å². The van der Waals surface area contributed by atoms with E-state index in [0.29, 0.717) is 31.5 Å². The number of hydrogen-bond donors (Lipinski definition) is 2. The van der Waals surface area contributed by atoms with Gasteiger partial charge in [-0.3, -0.25) is 14.8 Å². The quantitative estimate of drug-likeness (QED) is 0.606. The van der Waals surface area contributed by atoms with Crippen LogP contribution < -0.4 is 10.6 Å². The summed E-state index contributed by atoms with van der Waals surface area (Å²) < 4.78 is 24.7. The summed E-state index contributed by atoms with van der Waals surface area (Å²) >= 11 is 0. The highest BCUT2D eigenvalue weighted by Crippen LogP contribution is 2.26. The van der Waals surface area contributed by atoms with Gasteiger partial charge in [-0.2, -0.15) is 0 Å². The van der Waals surface area contributed by atoms with E-state index in [1.165, 1.54) is 6.20 Å². The molecule has 1 aliphatic rings. The number of amides is 1. The Hall–Kier alpha value is -3.00. The molecule has 1 aromatic heterocycles. The van der Waals surface area contributed by atoms with E-state index in [-0.39, 0.29) is 24.4 Å². The maximum atomic E-state index is 12.7. The molecule has 2 N–H and O–H groups in total. The summed E-state index contributed by atoms with van der Waals surface area (Å²) in [5.41, 5.74) is 1.79. The molecule has 6 nitrogen and oxygen atoms in total. The highest BCUT2D eigenvalue weighted by atomic mass is 19.3. The summed E-state index contributed by atoms with van der Waals surface area (Å²) in [5.74, 6) is 0.293. The van der Waals surface area contributed by atoms with Crippen LogP contribution in [0.1, 0.15) is 38.2 Å². The Labute approximate surface area is 180 Å². The minimum absolute atomic E-state index is 0.0530. The molecule has 1 aliphatic carbocycles. The van der Waals surface area contributed by atoms with Crippen LogP contribution in [0, 0.1) is 5.92 Å². The first-order chi connectivity index (χ1) is 15.0. The van der Waals surface area contributed by atoms with Gasteiger partial charge in [-0.05, 0) is 62.4 Å². The monoisotopic (exact) mass is 427 g/mol. The van der Waals surface area contributed by atoms with E-state index < -0.39 is 6.43 Å². The maximum absolute atomic E-state index is 12.7. The molecule has 31 heavy (non-hydrogen) atoms. The van der Waals surface area contributed by atoms with Gasteiger partial charge in [-0.1, -0.05) is 12.1 Å². The Kier molecular flexibility index (Phi) is 7.94. The van der Waals surface area contributed by atoms with Crippen LogP contribution in [0.5, 0.6) is 0 Å². The number of rotatable bonds is 8. The van der Waals surface area contributed by atoms with Gasteiger partial charge in [0.05, 0.1) is 6.54 Å². The van der Waals surface area contributed by atoms with Crippen molar-refractivity contribution in [2.45, 2.75) is 45.1 Å². The summed E-state index contributed by atoms with van der Waals surface area (Å²) in [5, 5.41) is 7.68. The molecule has 1 aromatic carbocycles. The number of hydrogen-bond acceptors (Lipinski definition) is 5. The third kappa shape index (κ3) is 6.49. The number of nitrogens with zero attached hydrogens (tertiary/aromatic N) is 3. The Balaban J connectivity index is 1.63. The van der Waals surface area contributed by atoms with Gasteiger partial charge in [0, 0.05) is 41.7 Å². The summed E-state index contributed by atoms with van der Waals surface area (Å²) in [6.45, 7) is 4.99. The van der Waals surface area contributed by atoms with E-state index >= 15 is 0 Å². The highest BCUT2D eigenvalue weighted by Gasteiger charge is 2.26. The number of anilines is 1. The topological polar surface area (TPSA) is 78.7 Å². The second-order valence-electron chi connectivity index (χ2n) is 7.66. The SMILES string of the molecule is C=N/C=C\N=C(/C)c1ccc2cnc(NC(=O)[C@H]3CC[C@H](NCC(F)F)CC3)cc2c1. The molecule has 0 aliphatic heterocycles. The molecule has 2 aromatic rings. The van der Waals surface area contributed by atoms with Gasteiger partial charge in [0.15, 0.2) is 0 Å². The summed E-state index contributed by atoms with van der Waals surface area (Å²) in [6.07, 6.45) is 5.26. The van der Waals surface area contributed by atoms with E-state index in [0.717, 1.165) is 22.0 Å². The summed E-state index contributed by atoms with van der Waals surface area (Å²) in [4.78, 5) is 25.0. The molecular weight excluding hydrogens is 400 g/mol. The fourth-order valence-corrected chi connectivity index (χ4v) is 3.74. The first kappa shape index (κ1) is 22.7. The van der Waals surface area contributed by atoms with Gasteiger partial charge in [0.1, 0.15) is 5.82 Å². The molecule has 0 bridgehead atoms. The number of aliphatic imine (C=N–C) groups is 2. The van der Waals surface area contributed by atoms with Crippen LogP contribution in [0.25, 0.3) is 10.8 Å². The second-order valence-corrected chi connectivity index (χ2v) is 7.66. The number of aromatic nitrogens is 1. The standard InChI is InChI=1S/C23H27F2N5O/c1-15(27-10-9-26-2)17-3-4-18-13-29-22(12-19(18)11-17)30-23(31)16-5-7-20(8-6-16)28-14-21(24)25/h3-4,9-13,16,20-21,28H,2,5-8,14H2,1H3,(H,29,30,31)/b10-9-,27-15+/t16-,20-. The number of pyridine rings is 1. The molecular formula is C23H27F2N5O. The van der Waals surface area contributed by atoms with E-state index in [1.54, 1.807) is 12.4 Å². The van der Waals surface area contributed by atoms with Gasteiger partial charge in [-0.25, -0.2) is 13.8 Å². The molecule has 0 unspecified atom stereocenters. The average molecular weight is 427 g/mol. The Morgan fingerprint density at radius 1 is 1.23 bits per heavy atom. The third-order valence-corrected chi connectivity index (χ3v) is 5.49. The lowest BCUT2D eigenvalue weighted by atomic mass is 9.85. The van der Waals surface area contributed by atoms with Crippen molar-refractivity contribution in [3.05, 3.63) is 48.4 Å². The minimum Gasteiger partial charge on any atom is -0.310 e. The fraction of sp³-hybridized carbons (Fsp3) is 0.391. The van der Waals surface area contributed by atoms with Crippen LogP contribution in [0.2, 0.25) is 0 Å². The lowest BCUT2D eigenvalue weighted by molar-refractivity contribution is -0.120.